The van der Waals surface area contributed by atoms with Crippen molar-refractivity contribution in [3.63, 3.8) is 0 Å². The first-order valence-corrected chi connectivity index (χ1v) is 14.0. The minimum atomic E-state index is -0.560. The van der Waals surface area contributed by atoms with Gasteiger partial charge in [0.25, 0.3) is 11.8 Å². The van der Waals surface area contributed by atoms with Crippen LogP contribution in [0.2, 0.25) is 0 Å². The third kappa shape index (κ3) is 4.43. The first kappa shape index (κ1) is 26.5. The molecule has 2 amide bonds. The highest BCUT2D eigenvalue weighted by atomic mass is 35.5. The van der Waals surface area contributed by atoms with Gasteiger partial charge in [-0.3, -0.25) is 14.6 Å². The van der Waals surface area contributed by atoms with Crippen LogP contribution in [0.5, 0.6) is 5.75 Å². The van der Waals surface area contributed by atoms with Gasteiger partial charge in [0, 0.05) is 63.5 Å². The van der Waals surface area contributed by atoms with Crippen molar-refractivity contribution in [3.05, 3.63) is 95.4 Å². The van der Waals surface area contributed by atoms with Crippen molar-refractivity contribution in [1.29, 1.82) is 0 Å². The number of nitrogens with zero attached hydrogens (tertiary/aromatic N) is 2. The Morgan fingerprint density at radius 3 is 2.58 bits per heavy atom. The monoisotopic (exact) mass is 593 g/mol. The molecule has 1 aliphatic rings. The number of fused-ring (bicyclic) bond motifs is 5. The molecule has 1 aliphatic heterocycles. The number of ether oxygens (including phenoxy) is 1. The molecule has 0 bridgehead atoms. The molecular formula is C32H24ClN5O5. The number of phenols is 1. The molecule has 3 aromatic heterocycles. The van der Waals surface area contributed by atoms with Gasteiger partial charge in [0.1, 0.15) is 22.7 Å². The number of esters is 1. The lowest BCUT2D eigenvalue weighted by Gasteiger charge is -2.17. The Kier molecular flexibility index (Phi) is 6.28. The largest absolute Gasteiger partial charge is 0.506 e. The number of hydrogen-bond donors (Lipinski definition) is 4. The first-order chi connectivity index (χ1) is 20.8. The number of carbonyl (C=O) groups is 3. The Hall–Kier alpha value is -5.35. The molecule has 0 radical (unpaired) electrons. The highest BCUT2D eigenvalue weighted by Gasteiger charge is 2.36. The van der Waals surface area contributed by atoms with Crippen molar-refractivity contribution in [3.8, 4) is 5.75 Å². The van der Waals surface area contributed by atoms with Gasteiger partial charge in [-0.05, 0) is 48.0 Å². The predicted octanol–water partition coefficient (Wildman–Crippen LogP) is 5.92. The molecule has 0 fully saturated rings. The fourth-order valence-electron chi connectivity index (χ4n) is 5.76. The maximum absolute atomic E-state index is 13.8. The van der Waals surface area contributed by atoms with E-state index in [-0.39, 0.29) is 41.5 Å². The fraction of sp³-hybridized carbons (Fsp3) is 0.125. The average molecular weight is 594 g/mol. The number of rotatable bonds is 5. The minimum absolute atomic E-state index is 0.120. The number of H-pyrrole nitrogens is 2. The van der Waals surface area contributed by atoms with Crippen LogP contribution in [0.3, 0.4) is 0 Å². The van der Waals surface area contributed by atoms with E-state index in [1.807, 2.05) is 24.3 Å². The van der Waals surface area contributed by atoms with Crippen molar-refractivity contribution < 1.29 is 24.2 Å². The van der Waals surface area contributed by atoms with Crippen LogP contribution in [-0.2, 0) is 4.74 Å². The lowest BCUT2D eigenvalue weighted by atomic mass is 9.97. The maximum Gasteiger partial charge on any atom is 0.339 e. The van der Waals surface area contributed by atoms with Gasteiger partial charge < -0.3 is 30.0 Å². The third-order valence-corrected chi connectivity index (χ3v) is 8.18. The number of hydrogen-bond acceptors (Lipinski definition) is 6. The predicted molar refractivity (Wildman–Crippen MR) is 164 cm³/mol. The zero-order valence-corrected chi connectivity index (χ0v) is 23.5. The topological polar surface area (TPSA) is 140 Å². The molecule has 3 aromatic carbocycles. The lowest BCUT2D eigenvalue weighted by molar-refractivity contribution is 0.0600. The molecule has 0 saturated heterocycles. The van der Waals surface area contributed by atoms with Crippen LogP contribution in [0.15, 0.2) is 72.9 Å². The summed E-state index contributed by atoms with van der Waals surface area (Å²) >= 11 is 6.35. The summed E-state index contributed by atoms with van der Waals surface area (Å²) in [6, 6.07) is 19.6. The summed E-state index contributed by atoms with van der Waals surface area (Å²) in [6.07, 6.45) is 1.34. The molecule has 1 unspecified atom stereocenters. The summed E-state index contributed by atoms with van der Waals surface area (Å²) in [5, 5.41) is 15.9. The van der Waals surface area contributed by atoms with Crippen LogP contribution < -0.4 is 10.2 Å². The standard InChI is InChI=1S/C32H24ClN5O5/c1-43-32(42)18-9-21-28-19(13-33)15-38(26(28)12-27(39)29(21)34-14-18)31(41)25-11-17-8-20(6-7-23(17)37-25)35-30(40)24-10-16-4-2-3-5-22(16)36-24/h2-12,14,19,36-37,39H,13,15H2,1H3,(H,35,40). The number of carbonyl (C=O) groups excluding carboxylic acids is 3. The van der Waals surface area contributed by atoms with E-state index in [1.165, 1.54) is 19.4 Å². The van der Waals surface area contributed by atoms with E-state index in [4.69, 9.17) is 16.3 Å². The Balaban J connectivity index is 1.20. The van der Waals surface area contributed by atoms with Gasteiger partial charge in [-0.15, -0.1) is 11.6 Å². The van der Waals surface area contributed by atoms with Gasteiger partial charge in [-0.2, -0.15) is 0 Å². The Labute approximate surface area is 249 Å². The van der Waals surface area contributed by atoms with Crippen LogP contribution >= 0.6 is 11.6 Å². The number of nitrogens with one attached hydrogen (secondary N) is 3. The number of alkyl halides is 1. The highest BCUT2D eigenvalue weighted by molar-refractivity contribution is 6.19. The number of aromatic amines is 2. The van der Waals surface area contributed by atoms with E-state index < -0.39 is 5.97 Å². The summed E-state index contributed by atoms with van der Waals surface area (Å²) in [7, 11) is 1.28. The van der Waals surface area contributed by atoms with Crippen molar-refractivity contribution in [2.45, 2.75) is 5.92 Å². The smallest absolute Gasteiger partial charge is 0.339 e. The van der Waals surface area contributed by atoms with Gasteiger partial charge in [0.2, 0.25) is 0 Å². The Morgan fingerprint density at radius 2 is 1.79 bits per heavy atom. The second kappa shape index (κ2) is 10.2. The minimum Gasteiger partial charge on any atom is -0.506 e. The van der Waals surface area contributed by atoms with Crippen molar-refractivity contribution in [1.82, 2.24) is 15.0 Å². The number of anilines is 2. The zero-order valence-electron chi connectivity index (χ0n) is 22.8. The summed E-state index contributed by atoms with van der Waals surface area (Å²) in [6.45, 7) is 0.278. The van der Waals surface area contributed by atoms with E-state index in [9.17, 15) is 19.5 Å². The van der Waals surface area contributed by atoms with Crippen LogP contribution in [-0.4, -0.2) is 57.4 Å². The van der Waals surface area contributed by atoms with Gasteiger partial charge in [0.15, 0.2) is 0 Å². The normalized spacial score (nSPS) is 14.4. The van der Waals surface area contributed by atoms with E-state index in [0.29, 0.717) is 39.2 Å². The molecule has 1 atom stereocenters. The SMILES string of the molecule is COC(=O)c1cnc2c(O)cc3c(c2c1)C(CCl)CN3C(=O)c1cc2cc(NC(=O)c3cc4ccccc4[nH]3)ccc2[nH]1. The molecule has 6 aromatic rings. The molecule has 0 aliphatic carbocycles. The molecule has 0 saturated carbocycles. The molecule has 43 heavy (non-hydrogen) atoms. The second-order valence-electron chi connectivity index (χ2n) is 10.4. The molecule has 4 heterocycles. The molecule has 0 spiro atoms. The summed E-state index contributed by atoms with van der Waals surface area (Å²) < 4.78 is 4.84. The van der Waals surface area contributed by atoms with Gasteiger partial charge in [0.05, 0.1) is 18.4 Å². The molecular weight excluding hydrogens is 570 g/mol. The molecule has 10 nitrogen and oxygen atoms in total. The summed E-state index contributed by atoms with van der Waals surface area (Å²) in [5.74, 6) is -1.32. The van der Waals surface area contributed by atoms with Crippen LogP contribution in [0.1, 0.15) is 42.8 Å². The van der Waals surface area contributed by atoms with Crippen LogP contribution in [0, 0.1) is 0 Å². The number of phenolic OH excluding ortho intramolecular Hbond substituents is 1. The Bertz CT molecular complexity index is 2080. The van der Waals surface area contributed by atoms with Crippen molar-refractivity contribution in [2.75, 3.05) is 29.8 Å². The second-order valence-corrected chi connectivity index (χ2v) is 10.7. The van der Waals surface area contributed by atoms with Crippen molar-refractivity contribution in [2.24, 2.45) is 0 Å². The maximum atomic E-state index is 13.8. The van der Waals surface area contributed by atoms with Crippen molar-refractivity contribution >= 4 is 73.5 Å². The number of halogens is 1. The average Bonchev–Trinajstić information content (AvgIpc) is 3.75. The first-order valence-electron chi connectivity index (χ1n) is 13.5. The molecule has 7 rings (SSSR count). The number of amides is 2. The van der Waals surface area contributed by atoms with Crippen LogP contribution in [0.25, 0.3) is 32.7 Å². The highest BCUT2D eigenvalue weighted by Crippen LogP contribution is 2.45. The number of benzene rings is 3. The van der Waals surface area contributed by atoms with E-state index in [0.717, 1.165) is 21.9 Å². The fourth-order valence-corrected chi connectivity index (χ4v) is 6.01. The molecule has 4 N–H and O–H groups in total. The van der Waals surface area contributed by atoms with Crippen LogP contribution in [0.4, 0.5) is 11.4 Å². The number of aromatic hydroxyl groups is 1. The quantitative estimate of drug-likeness (QED) is 0.144. The van der Waals surface area contributed by atoms with E-state index in [1.54, 1.807) is 41.3 Å². The number of para-hydroxylation sites is 1. The summed E-state index contributed by atoms with van der Waals surface area (Å²) in [4.78, 5) is 51.1. The Morgan fingerprint density at radius 1 is 1.02 bits per heavy atom. The zero-order chi connectivity index (χ0) is 29.8. The van der Waals surface area contributed by atoms with E-state index in [2.05, 4.69) is 20.3 Å². The number of pyridine rings is 1. The third-order valence-electron chi connectivity index (χ3n) is 7.81. The summed E-state index contributed by atoms with van der Waals surface area (Å²) in [5.41, 5.74) is 4.70. The molecule has 214 valence electrons. The van der Waals surface area contributed by atoms with Gasteiger partial charge >= 0.3 is 5.97 Å². The van der Waals surface area contributed by atoms with Gasteiger partial charge in [-0.1, -0.05) is 18.2 Å². The van der Waals surface area contributed by atoms with Gasteiger partial charge in [-0.25, -0.2) is 4.79 Å². The van der Waals surface area contributed by atoms with E-state index >= 15 is 0 Å². The molecule has 11 heteroatoms. The number of methoxy groups -OCH3 is 1. The number of aromatic nitrogens is 3. The lowest BCUT2D eigenvalue weighted by Crippen LogP contribution is -2.30.